The van der Waals surface area contributed by atoms with Crippen LogP contribution < -0.4 is 75.8 Å². The van der Waals surface area contributed by atoms with Gasteiger partial charge in [-0.15, -0.1) is 0 Å². The lowest BCUT2D eigenvalue weighted by Gasteiger charge is -2.22. The number of carbonyl (C=O) groups is 13. The van der Waals surface area contributed by atoms with Crippen LogP contribution in [0.2, 0.25) is 0 Å². The van der Waals surface area contributed by atoms with Gasteiger partial charge in [-0.25, -0.2) is 14.4 Å². The summed E-state index contributed by atoms with van der Waals surface area (Å²) in [5.41, 5.74) is -0.430. The molecule has 0 aromatic heterocycles. The third-order valence-electron chi connectivity index (χ3n) is 14.9. The van der Waals surface area contributed by atoms with E-state index in [0.29, 0.717) is 140 Å². The summed E-state index contributed by atoms with van der Waals surface area (Å²) < 4.78 is 118. The maximum atomic E-state index is 12.0. The zero-order valence-electron chi connectivity index (χ0n) is 77.0. The van der Waals surface area contributed by atoms with E-state index in [-0.39, 0.29) is 87.6 Å². The highest BCUT2D eigenvalue weighted by Gasteiger charge is 2.30. The number of phenols is 2. The van der Waals surface area contributed by atoms with Crippen molar-refractivity contribution in [2.24, 2.45) is 0 Å². The highest BCUT2D eigenvalue weighted by Crippen LogP contribution is 2.45. The van der Waals surface area contributed by atoms with Gasteiger partial charge in [0, 0.05) is 83.1 Å². The van der Waals surface area contributed by atoms with E-state index in [1.54, 1.807) is 152 Å². The first-order valence-electron chi connectivity index (χ1n) is 38.6. The van der Waals surface area contributed by atoms with Crippen LogP contribution in [0.4, 0.5) is 14.4 Å². The molecule has 0 aliphatic rings. The lowest BCUT2D eigenvalue weighted by Crippen LogP contribution is -2.27. The van der Waals surface area contributed by atoms with Gasteiger partial charge in [-0.05, 0) is 280 Å². The summed E-state index contributed by atoms with van der Waals surface area (Å²) in [6.07, 6.45) is 0.258. The van der Waals surface area contributed by atoms with Crippen LogP contribution in [0.1, 0.15) is 197 Å². The molecule has 3 unspecified atom stereocenters. The molecule has 133 heavy (non-hydrogen) atoms. The molecule has 0 saturated carbocycles. The van der Waals surface area contributed by atoms with Gasteiger partial charge in [-0.3, -0.25) is 47.9 Å². The van der Waals surface area contributed by atoms with Crippen molar-refractivity contribution >= 4 is 239 Å². The average Bonchev–Trinajstić information content (AvgIpc) is 0.795. The minimum atomic E-state index is -1.01. The number of esters is 3. The number of phenolic OH excluding ortho intramolecular Hbond substituents is 2. The van der Waals surface area contributed by atoms with E-state index in [0.717, 1.165) is 9.86 Å². The minimum Gasteiger partial charge on any atom is -0.507 e. The number of rotatable bonds is 32. The predicted molar refractivity (Wildman–Crippen MR) is 541 cm³/mol. The van der Waals surface area contributed by atoms with Gasteiger partial charge < -0.3 is 114 Å². The van der Waals surface area contributed by atoms with E-state index in [9.17, 15) is 72.5 Å². The SMILES string of the molecule is CCOC(C)Oc1cc(OC)c(C=O)c(OC(C)OCC)c1I.CCOC(C)Oc1cc(OC)c(C=O)cc1I.COc1cc(O)c(I)c(O)c1C=O.COc1cc(OC(=O)OC(C)(C)C)c(I)c(OC(=O)OC(C)(C)C)c1C=O.COc1cc(OC(=O)OC(C)(C)C)c(I)cc1C=O.COc1cc(OC(C)=O)c(I)c(OC(C)=O)c1C=O.COc1cc(OC(C)=O)c(I)cc1C=O. The van der Waals surface area contributed by atoms with Crippen molar-refractivity contribution in [1.29, 1.82) is 0 Å². The monoisotopic (exact) mass is 2650 g/mol. The van der Waals surface area contributed by atoms with E-state index in [1.807, 2.05) is 95.5 Å². The molecule has 7 rings (SSSR count). The third kappa shape index (κ3) is 42.1. The fraction of sp³-hybridized carbons (Fsp3) is 0.382. The molecule has 0 saturated heterocycles. The maximum Gasteiger partial charge on any atom is 0.514 e. The van der Waals surface area contributed by atoms with Crippen molar-refractivity contribution in [3.05, 3.63) is 125 Å². The quantitative estimate of drug-likeness (QED) is 0.00752. The van der Waals surface area contributed by atoms with Gasteiger partial charge >= 0.3 is 36.4 Å². The largest absolute Gasteiger partial charge is 0.514 e. The Morgan fingerprint density at radius 3 is 0.902 bits per heavy atom. The van der Waals surface area contributed by atoms with Gasteiger partial charge in [0.25, 0.3) is 0 Å². The highest BCUT2D eigenvalue weighted by molar-refractivity contribution is 14.1. The lowest BCUT2D eigenvalue weighted by atomic mass is 10.2. The second-order valence-corrected chi connectivity index (χ2v) is 36.2. The number of benzene rings is 7. The first-order valence-corrected chi connectivity index (χ1v) is 46.2. The summed E-state index contributed by atoms with van der Waals surface area (Å²) in [6.45, 7) is 31.7. The second-order valence-electron chi connectivity index (χ2n) is 28.4. The van der Waals surface area contributed by atoms with Crippen LogP contribution in [0.3, 0.4) is 0 Å². The molecule has 2 N–H and O–H groups in total. The summed E-state index contributed by atoms with van der Waals surface area (Å²) in [6, 6.07) is 15.3. The minimum absolute atomic E-state index is 0.00542. The molecule has 7 aromatic rings. The molecule has 730 valence electrons. The lowest BCUT2D eigenvalue weighted by molar-refractivity contribution is -0.133. The average molecular weight is 2650 g/mol. The van der Waals surface area contributed by atoms with Crippen LogP contribution in [0.5, 0.6) is 103 Å². The van der Waals surface area contributed by atoms with Crippen LogP contribution in [-0.4, -0.2) is 196 Å². The van der Waals surface area contributed by atoms with Gasteiger partial charge in [-0.1, -0.05) is 0 Å². The van der Waals surface area contributed by atoms with Crippen molar-refractivity contribution < 1.29 is 177 Å². The summed E-state index contributed by atoms with van der Waals surface area (Å²) in [5.74, 6) is 2.33. The molecule has 0 heterocycles. The second kappa shape index (κ2) is 60.5. The Hall–Kier alpha value is -8.96. The molecule has 0 amide bonds. The van der Waals surface area contributed by atoms with Crippen LogP contribution >= 0.6 is 158 Å². The standard InChI is InChI=1S/C18H23IO8.C16H23IO6.C13H15IO5.C12H11IO6.C12H15IO4.C10H9IO4.C8H7IO4/c1-17(2,3)26-15(21)24-12-8-11(23-7)10(9-20)14(13(12)19)25-16(22)27-18(4,5)6;1-6-20-10(3)22-14-8-13(19-5)12(9-18)16(15(14)17)23-11(4)21-7-2;1-13(2,3)19-12(16)18-11-6-10(17-4)8(7-15)5-9(11)14;1-6(15)18-10-4-9(17-3)8(5-14)12(11(10)13)19-7(2)16;1-4-16-8(2)17-12-6-11(15-3)9(7-14)5-10(12)13;1-6(13)15-10-4-9(14-2)7(5-12)3-8(10)11;1-13-6-2-5(11)7(9)8(12)4(6)3-10/h8-9H,1-7H3;8-11H,6-7H2,1-5H3;5-7H,1-4H3;4-5H,1-3H3;5-8H,4H2,1-3H3;3-5H,1-2H3;2-3,11-12H,1H3. The Labute approximate surface area is 864 Å². The fourth-order valence-electron chi connectivity index (χ4n) is 9.66. The van der Waals surface area contributed by atoms with Crippen molar-refractivity contribution in [1.82, 2.24) is 0 Å². The van der Waals surface area contributed by atoms with E-state index in [4.69, 9.17) is 104 Å². The summed E-state index contributed by atoms with van der Waals surface area (Å²) >= 11 is 13.5. The predicted octanol–water partition coefficient (Wildman–Crippen LogP) is 20.2. The van der Waals surface area contributed by atoms with Gasteiger partial charge in [0.2, 0.25) is 0 Å². The van der Waals surface area contributed by atoms with Crippen LogP contribution in [-0.2, 0) is 42.8 Å². The number of hydrogen-bond donors (Lipinski definition) is 2. The number of methoxy groups -OCH3 is 7. The smallest absolute Gasteiger partial charge is 0.507 e. The number of carbonyl (C=O) groups excluding carboxylic acids is 13. The van der Waals surface area contributed by atoms with Crippen molar-refractivity contribution in [2.45, 2.75) is 160 Å². The summed E-state index contributed by atoms with van der Waals surface area (Å²) in [4.78, 5) is 145. The van der Waals surface area contributed by atoms with Crippen LogP contribution in [0.15, 0.2) is 60.7 Å². The zero-order valence-corrected chi connectivity index (χ0v) is 92.1. The van der Waals surface area contributed by atoms with Crippen molar-refractivity contribution in [3.63, 3.8) is 0 Å². The van der Waals surface area contributed by atoms with Gasteiger partial charge in [0.15, 0.2) is 97.4 Å². The number of aromatic hydroxyl groups is 2. The molecule has 3 atom stereocenters. The van der Waals surface area contributed by atoms with Crippen LogP contribution in [0, 0.1) is 25.0 Å². The molecule has 44 heteroatoms. The Balaban J connectivity index is 0.000000784. The van der Waals surface area contributed by atoms with E-state index >= 15 is 0 Å². The van der Waals surface area contributed by atoms with E-state index < -0.39 is 65.8 Å². The van der Waals surface area contributed by atoms with Crippen molar-refractivity contribution in [2.75, 3.05) is 69.6 Å². The molecular formula is C89H103I7O37. The zero-order chi connectivity index (χ0) is 102. The number of halogens is 7. The molecule has 37 nitrogen and oxygen atoms in total. The van der Waals surface area contributed by atoms with Crippen LogP contribution in [0.25, 0.3) is 0 Å². The number of aldehydes is 7. The Morgan fingerprint density at radius 2 is 0.571 bits per heavy atom. The summed E-state index contributed by atoms with van der Waals surface area (Å²) in [7, 11) is 9.92. The molecule has 0 aliphatic heterocycles. The van der Waals surface area contributed by atoms with Crippen molar-refractivity contribution in [3.8, 4) is 103 Å². The molecule has 0 bridgehead atoms. The van der Waals surface area contributed by atoms with Gasteiger partial charge in [-0.2, -0.15) is 0 Å². The fourth-order valence-corrected chi connectivity index (χ4v) is 14.0. The summed E-state index contributed by atoms with van der Waals surface area (Å²) in [5, 5.41) is 18.7. The van der Waals surface area contributed by atoms with Gasteiger partial charge in [0.1, 0.15) is 96.9 Å². The third-order valence-corrected chi connectivity index (χ3v) is 21.6. The Bertz CT molecular complexity index is 5170. The molecular weight excluding hydrogens is 2550 g/mol. The first kappa shape index (κ1) is 122. The molecule has 0 radical (unpaired) electrons. The molecule has 0 spiro atoms. The van der Waals surface area contributed by atoms with E-state index in [1.165, 1.54) is 101 Å². The molecule has 7 aromatic carbocycles. The number of hydrogen-bond acceptors (Lipinski definition) is 37. The normalized spacial score (nSPS) is 11.1. The Kier molecular flexibility index (Phi) is 55.5. The maximum absolute atomic E-state index is 12.0. The molecule has 0 aliphatic carbocycles. The Morgan fingerprint density at radius 1 is 0.308 bits per heavy atom. The van der Waals surface area contributed by atoms with E-state index in [2.05, 4.69) is 45.2 Å². The highest BCUT2D eigenvalue weighted by atomic mass is 127. The first-order chi connectivity index (χ1) is 62.2. The number of ether oxygens (including phenoxy) is 22. The molecule has 0 fully saturated rings. The van der Waals surface area contributed by atoms with Gasteiger partial charge in [0.05, 0.1) is 103 Å². The topological polar surface area (TPSA) is 465 Å².